The number of rotatable bonds is 9. The topological polar surface area (TPSA) is 80.8 Å². The van der Waals surface area contributed by atoms with Crippen molar-refractivity contribution in [3.05, 3.63) is 89.2 Å². The lowest BCUT2D eigenvalue weighted by Gasteiger charge is -2.31. The summed E-state index contributed by atoms with van der Waals surface area (Å²) in [7, 11) is 1.48. The average molecular weight is 542 g/mol. The molecule has 7 nitrogen and oxygen atoms in total. The SMILES string of the molecule is COc1cc(CN(C(=O)c2ccccc2C(F)(F)F)[C@H]2CCCCNC2=O)ccc1OCCc1ccccn1. The number of nitrogens with zero attached hydrogens (tertiary/aromatic N) is 2. The van der Waals surface area contributed by atoms with Crippen LogP contribution in [0.5, 0.6) is 11.5 Å². The third-order valence-corrected chi connectivity index (χ3v) is 6.53. The quantitative estimate of drug-likeness (QED) is 0.411. The number of ether oxygens (including phenoxy) is 2. The van der Waals surface area contributed by atoms with Crippen LogP contribution in [0.15, 0.2) is 66.9 Å². The van der Waals surface area contributed by atoms with E-state index < -0.39 is 29.3 Å². The van der Waals surface area contributed by atoms with Crippen LogP contribution < -0.4 is 14.8 Å². The number of carbonyl (C=O) groups excluding carboxylic acids is 2. The zero-order valence-electron chi connectivity index (χ0n) is 21.5. The highest BCUT2D eigenvalue weighted by Gasteiger charge is 2.38. The summed E-state index contributed by atoms with van der Waals surface area (Å²) in [5.74, 6) is -0.363. The molecule has 2 aromatic carbocycles. The predicted molar refractivity (Wildman–Crippen MR) is 138 cm³/mol. The number of amides is 2. The lowest BCUT2D eigenvalue weighted by molar-refractivity contribution is -0.138. The van der Waals surface area contributed by atoms with Crippen molar-refractivity contribution >= 4 is 11.8 Å². The van der Waals surface area contributed by atoms with Crippen molar-refractivity contribution in [1.82, 2.24) is 15.2 Å². The molecule has 2 amide bonds. The normalized spacial score (nSPS) is 15.7. The summed E-state index contributed by atoms with van der Waals surface area (Å²) in [4.78, 5) is 32.0. The van der Waals surface area contributed by atoms with Crippen LogP contribution in [0.1, 0.15) is 46.4 Å². The molecule has 0 unspecified atom stereocenters. The molecule has 1 aliphatic rings. The van der Waals surface area contributed by atoms with Gasteiger partial charge < -0.3 is 19.7 Å². The lowest BCUT2D eigenvalue weighted by Crippen LogP contribution is -2.48. The Morgan fingerprint density at radius 2 is 1.87 bits per heavy atom. The fraction of sp³-hybridized carbons (Fsp3) is 0.345. The summed E-state index contributed by atoms with van der Waals surface area (Å²) >= 11 is 0. The van der Waals surface area contributed by atoms with Gasteiger partial charge in [-0.2, -0.15) is 13.2 Å². The standard InChI is InChI=1S/C29H30F3N3O4/c1-38-26-18-20(12-13-25(26)39-17-14-21-8-4-6-15-33-21)19-35(24-11-5-7-16-34-27(24)36)28(37)22-9-2-3-10-23(22)29(30,31)32/h2-4,6,8-10,12-13,15,18,24H,5,7,11,14,16-17,19H2,1H3,(H,34,36)/t24-/m0/s1. The van der Waals surface area contributed by atoms with Gasteiger partial charge in [0.15, 0.2) is 11.5 Å². The molecule has 1 aromatic heterocycles. The average Bonchev–Trinajstić information content (AvgIpc) is 3.16. The first-order valence-corrected chi connectivity index (χ1v) is 12.7. The van der Waals surface area contributed by atoms with Gasteiger partial charge in [0.05, 0.1) is 24.8 Å². The van der Waals surface area contributed by atoms with Crippen molar-refractivity contribution in [2.75, 3.05) is 20.3 Å². The predicted octanol–water partition coefficient (Wildman–Crippen LogP) is 5.04. The van der Waals surface area contributed by atoms with E-state index in [0.29, 0.717) is 49.5 Å². The molecule has 1 saturated heterocycles. The number of pyridine rings is 1. The number of nitrogens with one attached hydrogen (secondary N) is 1. The second-order valence-corrected chi connectivity index (χ2v) is 9.18. The van der Waals surface area contributed by atoms with Crippen LogP contribution in [0.3, 0.4) is 0 Å². The van der Waals surface area contributed by atoms with Gasteiger partial charge in [-0.3, -0.25) is 14.6 Å². The minimum absolute atomic E-state index is 0.0896. The maximum Gasteiger partial charge on any atom is 0.417 e. The van der Waals surface area contributed by atoms with Crippen LogP contribution in [-0.2, 0) is 23.9 Å². The molecule has 1 N–H and O–H groups in total. The van der Waals surface area contributed by atoms with Gasteiger partial charge in [-0.25, -0.2) is 0 Å². The smallest absolute Gasteiger partial charge is 0.417 e. The fourth-order valence-corrected chi connectivity index (χ4v) is 4.55. The first-order chi connectivity index (χ1) is 18.8. The van der Waals surface area contributed by atoms with Crippen molar-refractivity contribution < 1.29 is 32.2 Å². The summed E-state index contributed by atoms with van der Waals surface area (Å²) in [6, 6.07) is 14.4. The number of methoxy groups -OCH3 is 1. The number of hydrogen-bond donors (Lipinski definition) is 1. The van der Waals surface area contributed by atoms with E-state index in [0.717, 1.165) is 24.2 Å². The molecular formula is C29H30F3N3O4. The first kappa shape index (κ1) is 27.9. The van der Waals surface area contributed by atoms with Gasteiger partial charge in [0.25, 0.3) is 5.91 Å². The fourth-order valence-electron chi connectivity index (χ4n) is 4.55. The van der Waals surface area contributed by atoms with E-state index in [-0.39, 0.29) is 12.5 Å². The highest BCUT2D eigenvalue weighted by molar-refractivity contribution is 5.99. The van der Waals surface area contributed by atoms with E-state index >= 15 is 0 Å². The van der Waals surface area contributed by atoms with Crippen molar-refractivity contribution in [3.63, 3.8) is 0 Å². The molecule has 1 aliphatic heterocycles. The molecule has 1 fully saturated rings. The van der Waals surface area contributed by atoms with Gasteiger partial charge in [0.2, 0.25) is 5.91 Å². The Morgan fingerprint density at radius 1 is 1.08 bits per heavy atom. The van der Waals surface area contributed by atoms with Crippen molar-refractivity contribution in [1.29, 1.82) is 0 Å². The van der Waals surface area contributed by atoms with Crippen LogP contribution in [0, 0.1) is 0 Å². The summed E-state index contributed by atoms with van der Waals surface area (Å²) in [5.41, 5.74) is -0.0754. The zero-order valence-corrected chi connectivity index (χ0v) is 21.5. The van der Waals surface area contributed by atoms with Crippen LogP contribution >= 0.6 is 0 Å². The maximum absolute atomic E-state index is 13.8. The van der Waals surface area contributed by atoms with Crippen molar-refractivity contribution in [3.8, 4) is 11.5 Å². The van der Waals surface area contributed by atoms with Crippen LogP contribution in [-0.4, -0.2) is 48.0 Å². The monoisotopic (exact) mass is 541 g/mol. The van der Waals surface area contributed by atoms with Crippen molar-refractivity contribution in [2.45, 2.75) is 44.4 Å². The minimum atomic E-state index is -4.72. The second-order valence-electron chi connectivity index (χ2n) is 9.18. The summed E-state index contributed by atoms with van der Waals surface area (Å²) in [6.45, 7) is 0.719. The van der Waals surface area contributed by atoms with Gasteiger partial charge in [-0.05, 0) is 61.2 Å². The number of carbonyl (C=O) groups is 2. The number of hydrogen-bond acceptors (Lipinski definition) is 5. The Morgan fingerprint density at radius 3 is 2.62 bits per heavy atom. The van der Waals surface area contributed by atoms with Gasteiger partial charge in [0.1, 0.15) is 6.04 Å². The summed E-state index contributed by atoms with van der Waals surface area (Å²) in [5, 5.41) is 2.78. The van der Waals surface area contributed by atoms with Gasteiger partial charge in [-0.1, -0.05) is 24.3 Å². The Kier molecular flexibility index (Phi) is 9.06. The van der Waals surface area contributed by atoms with E-state index in [9.17, 15) is 22.8 Å². The molecule has 0 saturated carbocycles. The van der Waals surface area contributed by atoms with Crippen molar-refractivity contribution in [2.24, 2.45) is 0 Å². The molecule has 0 radical (unpaired) electrons. The van der Waals surface area contributed by atoms with Gasteiger partial charge >= 0.3 is 6.18 Å². The lowest BCUT2D eigenvalue weighted by atomic mass is 10.0. The zero-order chi connectivity index (χ0) is 27.8. The molecule has 0 spiro atoms. The van der Waals surface area contributed by atoms with E-state index in [1.807, 2.05) is 18.2 Å². The Bertz CT molecular complexity index is 1280. The molecule has 4 rings (SSSR count). The number of alkyl halides is 3. The summed E-state index contributed by atoms with van der Waals surface area (Å²) in [6.07, 6.45) is -0.705. The molecular weight excluding hydrogens is 511 g/mol. The van der Waals surface area contributed by atoms with Gasteiger partial charge in [-0.15, -0.1) is 0 Å². The largest absolute Gasteiger partial charge is 0.493 e. The minimum Gasteiger partial charge on any atom is -0.493 e. The molecule has 0 bridgehead atoms. The van der Waals surface area contributed by atoms with Crippen LogP contribution in [0.4, 0.5) is 13.2 Å². The Labute approximate surface area is 224 Å². The first-order valence-electron chi connectivity index (χ1n) is 12.7. The molecule has 0 aliphatic carbocycles. The molecule has 3 aromatic rings. The maximum atomic E-state index is 13.8. The molecule has 1 atom stereocenters. The molecule has 206 valence electrons. The second kappa shape index (κ2) is 12.6. The van der Waals surface area contributed by atoms with E-state index in [1.54, 1.807) is 24.4 Å². The summed E-state index contributed by atoms with van der Waals surface area (Å²) < 4.78 is 52.6. The molecule has 2 heterocycles. The van der Waals surface area contributed by atoms with E-state index in [1.165, 1.54) is 24.1 Å². The highest BCUT2D eigenvalue weighted by Crippen LogP contribution is 2.34. The third-order valence-electron chi connectivity index (χ3n) is 6.53. The number of benzene rings is 2. The van der Waals surface area contributed by atoms with E-state index in [2.05, 4.69) is 10.3 Å². The van der Waals surface area contributed by atoms with Gasteiger partial charge in [0, 0.05) is 31.4 Å². The Hall–Kier alpha value is -4.08. The number of halogens is 3. The molecule has 10 heteroatoms. The molecule has 39 heavy (non-hydrogen) atoms. The highest BCUT2D eigenvalue weighted by atomic mass is 19.4. The van der Waals surface area contributed by atoms with Crippen LogP contribution in [0.2, 0.25) is 0 Å². The van der Waals surface area contributed by atoms with E-state index in [4.69, 9.17) is 9.47 Å². The van der Waals surface area contributed by atoms with Crippen LogP contribution in [0.25, 0.3) is 0 Å². The Balaban J connectivity index is 1.60. The number of aromatic nitrogens is 1. The third kappa shape index (κ3) is 7.07.